The van der Waals surface area contributed by atoms with E-state index in [2.05, 4.69) is 59.5 Å². The highest BCUT2D eigenvalue weighted by molar-refractivity contribution is 5.79. The molecule has 7 heteroatoms. The molecule has 0 spiro atoms. The minimum atomic E-state index is 0.0298. The van der Waals surface area contributed by atoms with E-state index in [1.807, 2.05) is 0 Å². The Labute approximate surface area is 174 Å². The molecule has 1 aromatic rings. The predicted octanol–water partition coefficient (Wildman–Crippen LogP) is 1.94. The van der Waals surface area contributed by atoms with Crippen molar-refractivity contribution < 1.29 is 14.2 Å². The summed E-state index contributed by atoms with van der Waals surface area (Å²) >= 11 is 0. The van der Waals surface area contributed by atoms with Gasteiger partial charge < -0.3 is 24.8 Å². The van der Waals surface area contributed by atoms with Gasteiger partial charge in [0.25, 0.3) is 0 Å². The van der Waals surface area contributed by atoms with Gasteiger partial charge in [0, 0.05) is 50.7 Å². The molecule has 29 heavy (non-hydrogen) atoms. The summed E-state index contributed by atoms with van der Waals surface area (Å²) in [6, 6.07) is 6.35. The van der Waals surface area contributed by atoms with Crippen LogP contribution in [-0.4, -0.2) is 75.6 Å². The van der Waals surface area contributed by atoms with Gasteiger partial charge in [-0.15, -0.1) is 0 Å². The topological polar surface area (TPSA) is 67.4 Å². The quantitative estimate of drug-likeness (QED) is 0.535. The van der Waals surface area contributed by atoms with Gasteiger partial charge in [0.05, 0.1) is 26.4 Å². The number of rotatable bonds is 7. The molecule has 3 rings (SSSR count). The molecule has 2 heterocycles. The van der Waals surface area contributed by atoms with Gasteiger partial charge in [-0.3, -0.25) is 9.89 Å². The molecule has 2 aliphatic rings. The molecule has 7 nitrogen and oxygen atoms in total. The molecule has 2 fully saturated rings. The molecule has 1 unspecified atom stereocenters. The van der Waals surface area contributed by atoms with E-state index in [0.29, 0.717) is 13.2 Å². The van der Waals surface area contributed by atoms with Crippen LogP contribution in [0.4, 0.5) is 0 Å². The van der Waals surface area contributed by atoms with Crippen molar-refractivity contribution in [3.8, 4) is 5.75 Å². The molecule has 0 amide bonds. The number of nitrogens with one attached hydrogen (secondary N) is 2. The number of morpholine rings is 1. The van der Waals surface area contributed by atoms with Gasteiger partial charge in [-0.05, 0) is 32.4 Å². The Bertz CT molecular complexity index is 681. The summed E-state index contributed by atoms with van der Waals surface area (Å²) in [7, 11) is 1.81. The zero-order chi connectivity index (χ0) is 20.7. The van der Waals surface area contributed by atoms with Gasteiger partial charge in [-0.2, -0.15) is 0 Å². The van der Waals surface area contributed by atoms with E-state index in [1.54, 1.807) is 7.05 Å². The monoisotopic (exact) mass is 404 g/mol. The van der Waals surface area contributed by atoms with Crippen LogP contribution in [0.25, 0.3) is 0 Å². The largest absolute Gasteiger partial charge is 0.488 e. The molecule has 2 saturated heterocycles. The molecule has 2 aliphatic heterocycles. The lowest BCUT2D eigenvalue weighted by Gasteiger charge is -2.41. The van der Waals surface area contributed by atoms with Crippen LogP contribution in [0.3, 0.4) is 0 Å². The van der Waals surface area contributed by atoms with Crippen molar-refractivity contribution in [1.82, 2.24) is 15.5 Å². The smallest absolute Gasteiger partial charge is 0.191 e. The van der Waals surface area contributed by atoms with Crippen molar-refractivity contribution in [1.29, 1.82) is 0 Å². The molecule has 1 aromatic carbocycles. The minimum Gasteiger partial charge on any atom is -0.488 e. The summed E-state index contributed by atoms with van der Waals surface area (Å²) in [6.07, 6.45) is 1.09. The fraction of sp³-hybridized carbons (Fsp3) is 0.682. The molecule has 1 atom stereocenters. The van der Waals surface area contributed by atoms with Crippen molar-refractivity contribution >= 4 is 5.96 Å². The van der Waals surface area contributed by atoms with Gasteiger partial charge in [0.15, 0.2) is 5.96 Å². The molecule has 0 radical (unpaired) electrons. The molecule has 0 bridgehead atoms. The van der Waals surface area contributed by atoms with E-state index >= 15 is 0 Å². The Hall–Kier alpha value is -1.83. The maximum Gasteiger partial charge on any atom is 0.191 e. The summed E-state index contributed by atoms with van der Waals surface area (Å²) in [5.41, 5.74) is 2.34. The van der Waals surface area contributed by atoms with E-state index in [9.17, 15) is 0 Å². The molecular weight excluding hydrogens is 368 g/mol. The maximum absolute atomic E-state index is 6.20. The molecule has 2 N–H and O–H groups in total. The van der Waals surface area contributed by atoms with Crippen LogP contribution >= 0.6 is 0 Å². The number of aryl methyl sites for hydroxylation is 1. The molecule has 0 aliphatic carbocycles. The first-order chi connectivity index (χ1) is 14.0. The van der Waals surface area contributed by atoms with E-state index in [-0.39, 0.29) is 11.6 Å². The summed E-state index contributed by atoms with van der Waals surface area (Å²) in [4.78, 5) is 6.86. The van der Waals surface area contributed by atoms with Crippen molar-refractivity contribution in [3.63, 3.8) is 0 Å². The van der Waals surface area contributed by atoms with Gasteiger partial charge in [0.2, 0.25) is 0 Å². The van der Waals surface area contributed by atoms with Crippen LogP contribution in [0, 0.1) is 6.92 Å². The van der Waals surface area contributed by atoms with E-state index in [0.717, 1.165) is 63.1 Å². The van der Waals surface area contributed by atoms with E-state index in [1.165, 1.54) is 5.56 Å². The molecule has 0 saturated carbocycles. The highest BCUT2D eigenvalue weighted by Crippen LogP contribution is 2.24. The second-order valence-corrected chi connectivity index (χ2v) is 8.41. The zero-order valence-electron chi connectivity index (χ0n) is 18.3. The molecule has 162 valence electrons. The highest BCUT2D eigenvalue weighted by Gasteiger charge is 2.28. The first kappa shape index (κ1) is 21.9. The van der Waals surface area contributed by atoms with Crippen LogP contribution in [-0.2, 0) is 16.0 Å². The van der Waals surface area contributed by atoms with Crippen LogP contribution in [0.15, 0.2) is 23.2 Å². The number of ether oxygens (including phenoxy) is 3. The number of aliphatic imine (C=N–C) groups is 1. The minimum absolute atomic E-state index is 0.0298. The second-order valence-electron chi connectivity index (χ2n) is 8.41. The SMILES string of the molecule is CN=C(NCc1ccc(C)cc1OC1CCOC1)NCC(C)(C)N1CCOCC1. The Morgan fingerprint density at radius 1 is 1.21 bits per heavy atom. The third kappa shape index (κ3) is 6.32. The maximum atomic E-state index is 6.20. The lowest BCUT2D eigenvalue weighted by molar-refractivity contribution is -0.00834. The van der Waals surface area contributed by atoms with Gasteiger partial charge in [0.1, 0.15) is 11.9 Å². The van der Waals surface area contributed by atoms with Gasteiger partial charge >= 0.3 is 0 Å². The molecule has 0 aromatic heterocycles. The van der Waals surface area contributed by atoms with Crippen LogP contribution < -0.4 is 15.4 Å². The average molecular weight is 405 g/mol. The normalized spacial score (nSPS) is 21.2. The number of hydrogen-bond donors (Lipinski definition) is 2. The second kappa shape index (κ2) is 10.3. The molecular formula is C22H36N4O3. The Balaban J connectivity index is 1.55. The highest BCUT2D eigenvalue weighted by atomic mass is 16.5. The van der Waals surface area contributed by atoms with Crippen LogP contribution in [0.5, 0.6) is 5.75 Å². The first-order valence-corrected chi connectivity index (χ1v) is 10.6. The number of hydrogen-bond acceptors (Lipinski definition) is 5. The van der Waals surface area contributed by atoms with Gasteiger partial charge in [-0.1, -0.05) is 12.1 Å². The summed E-state index contributed by atoms with van der Waals surface area (Å²) < 4.78 is 17.1. The standard InChI is InChI=1S/C22H36N4O3/c1-17-5-6-18(20(13-17)29-19-7-10-28-15-19)14-24-21(23-4)25-16-22(2,3)26-8-11-27-12-9-26/h5-6,13,19H,7-12,14-16H2,1-4H3,(H2,23,24,25). The van der Waals surface area contributed by atoms with Crippen molar-refractivity contribution in [2.24, 2.45) is 4.99 Å². The Morgan fingerprint density at radius 3 is 2.69 bits per heavy atom. The number of guanidine groups is 1. The fourth-order valence-electron chi connectivity index (χ4n) is 3.68. The van der Waals surface area contributed by atoms with Crippen molar-refractivity contribution in [2.45, 2.75) is 45.4 Å². The van der Waals surface area contributed by atoms with Gasteiger partial charge in [-0.25, -0.2) is 0 Å². The van der Waals surface area contributed by atoms with Crippen molar-refractivity contribution in [3.05, 3.63) is 29.3 Å². The summed E-state index contributed by atoms with van der Waals surface area (Å²) in [5.74, 6) is 1.72. The number of nitrogens with zero attached hydrogens (tertiary/aromatic N) is 2. The third-order valence-corrected chi connectivity index (χ3v) is 5.63. The number of benzene rings is 1. The van der Waals surface area contributed by atoms with E-state index in [4.69, 9.17) is 14.2 Å². The average Bonchev–Trinajstić information content (AvgIpc) is 3.23. The lowest BCUT2D eigenvalue weighted by Crippen LogP contribution is -2.56. The predicted molar refractivity (Wildman–Crippen MR) is 116 cm³/mol. The Kier molecular flexibility index (Phi) is 7.75. The van der Waals surface area contributed by atoms with E-state index < -0.39 is 0 Å². The van der Waals surface area contributed by atoms with Crippen LogP contribution in [0.1, 0.15) is 31.4 Å². The Morgan fingerprint density at radius 2 is 2.00 bits per heavy atom. The third-order valence-electron chi connectivity index (χ3n) is 5.63. The fourth-order valence-corrected chi connectivity index (χ4v) is 3.68. The van der Waals surface area contributed by atoms with Crippen molar-refractivity contribution in [2.75, 3.05) is 53.1 Å². The summed E-state index contributed by atoms with van der Waals surface area (Å²) in [5, 5.41) is 6.91. The lowest BCUT2D eigenvalue weighted by atomic mass is 10.0. The summed E-state index contributed by atoms with van der Waals surface area (Å²) in [6.45, 7) is 13.1. The zero-order valence-corrected chi connectivity index (χ0v) is 18.3. The van der Waals surface area contributed by atoms with Crippen LogP contribution in [0.2, 0.25) is 0 Å². The first-order valence-electron chi connectivity index (χ1n) is 10.6.